The topological polar surface area (TPSA) is 34.8 Å². The summed E-state index contributed by atoms with van der Waals surface area (Å²) < 4.78 is 4.27. The van der Waals surface area contributed by atoms with Gasteiger partial charge in [0.25, 0.3) is 0 Å². The lowest BCUT2D eigenvalue weighted by molar-refractivity contribution is 0.658. The van der Waals surface area contributed by atoms with E-state index in [2.05, 4.69) is 58.6 Å². The predicted octanol–water partition coefficient (Wildman–Crippen LogP) is 2.63. The van der Waals surface area contributed by atoms with Crippen molar-refractivity contribution in [3.63, 3.8) is 0 Å². The average Bonchev–Trinajstić information content (AvgIpc) is 3.06. The summed E-state index contributed by atoms with van der Waals surface area (Å²) in [7, 11) is 1.98. The van der Waals surface area contributed by atoms with Crippen LogP contribution in [0.1, 0.15) is 18.1 Å². The van der Waals surface area contributed by atoms with Gasteiger partial charge in [0.05, 0.1) is 12.7 Å². The fraction of sp³-hybridized carbons (Fsp3) is 0.312. The van der Waals surface area contributed by atoms with Gasteiger partial charge in [-0.3, -0.25) is 4.68 Å². The monoisotopic (exact) mass is 268 g/mol. The molecule has 3 aromatic rings. The minimum absolute atomic E-state index is 0.865. The van der Waals surface area contributed by atoms with E-state index in [0.717, 1.165) is 19.6 Å². The highest BCUT2D eigenvalue weighted by Crippen LogP contribution is 2.22. The van der Waals surface area contributed by atoms with Crippen LogP contribution < -0.4 is 5.32 Å². The molecule has 0 saturated heterocycles. The van der Waals surface area contributed by atoms with Gasteiger partial charge >= 0.3 is 0 Å². The van der Waals surface area contributed by atoms with Crippen molar-refractivity contribution in [3.8, 4) is 0 Å². The molecule has 2 aromatic heterocycles. The van der Waals surface area contributed by atoms with Crippen molar-refractivity contribution in [3.05, 3.63) is 54.0 Å². The Hall–Kier alpha value is -2.07. The Bertz CT molecular complexity index is 708. The number of aromatic nitrogens is 3. The van der Waals surface area contributed by atoms with Crippen molar-refractivity contribution >= 4 is 10.9 Å². The molecule has 1 aromatic carbocycles. The second kappa shape index (κ2) is 5.51. The van der Waals surface area contributed by atoms with Gasteiger partial charge in [0, 0.05) is 41.9 Å². The third-order valence-electron chi connectivity index (χ3n) is 3.60. The lowest BCUT2D eigenvalue weighted by Crippen LogP contribution is -2.04. The van der Waals surface area contributed by atoms with Gasteiger partial charge in [-0.1, -0.05) is 18.2 Å². The maximum absolute atomic E-state index is 4.35. The lowest BCUT2D eigenvalue weighted by Gasteiger charge is -2.02. The Morgan fingerprint density at radius 2 is 2.05 bits per heavy atom. The van der Waals surface area contributed by atoms with E-state index < -0.39 is 0 Å². The minimum Gasteiger partial charge on any atom is -0.343 e. The number of aryl methyl sites for hydroxylation is 1. The van der Waals surface area contributed by atoms with Crippen molar-refractivity contribution in [2.24, 2.45) is 0 Å². The largest absolute Gasteiger partial charge is 0.343 e. The van der Waals surface area contributed by atoms with Crippen LogP contribution in [0.4, 0.5) is 0 Å². The zero-order chi connectivity index (χ0) is 13.9. The average molecular weight is 268 g/mol. The highest BCUT2D eigenvalue weighted by Gasteiger charge is 2.08. The standard InChI is InChI=1S/C16H20N4/c1-3-20-11-13(8-18-20)10-19-12-14(9-17-2)15-6-4-5-7-16(15)19/h4-8,11-12,17H,3,9-10H2,1-2H3. The normalized spacial score (nSPS) is 11.3. The van der Waals surface area contributed by atoms with Gasteiger partial charge in [0.2, 0.25) is 0 Å². The minimum atomic E-state index is 0.865. The zero-order valence-corrected chi connectivity index (χ0v) is 12.0. The highest BCUT2D eigenvalue weighted by atomic mass is 15.3. The van der Waals surface area contributed by atoms with Crippen LogP contribution in [0.2, 0.25) is 0 Å². The summed E-state index contributed by atoms with van der Waals surface area (Å²) in [5.74, 6) is 0. The van der Waals surface area contributed by atoms with Crippen LogP contribution in [0.15, 0.2) is 42.9 Å². The van der Waals surface area contributed by atoms with Crippen molar-refractivity contribution < 1.29 is 0 Å². The van der Waals surface area contributed by atoms with Crippen molar-refractivity contribution in [1.29, 1.82) is 0 Å². The molecule has 0 spiro atoms. The first-order valence-electron chi connectivity index (χ1n) is 7.04. The third-order valence-corrected chi connectivity index (χ3v) is 3.60. The smallest absolute Gasteiger partial charge is 0.0539 e. The Balaban J connectivity index is 1.98. The number of hydrogen-bond acceptors (Lipinski definition) is 2. The number of para-hydroxylation sites is 1. The second-order valence-electron chi connectivity index (χ2n) is 5.03. The van der Waals surface area contributed by atoms with E-state index >= 15 is 0 Å². The molecule has 0 atom stereocenters. The summed E-state index contributed by atoms with van der Waals surface area (Å²) >= 11 is 0. The number of fused-ring (bicyclic) bond motifs is 1. The SMILES string of the molecule is CCn1cc(Cn2cc(CNC)c3ccccc32)cn1. The fourth-order valence-corrected chi connectivity index (χ4v) is 2.64. The van der Waals surface area contributed by atoms with Gasteiger partial charge in [0.1, 0.15) is 0 Å². The number of nitrogens with one attached hydrogen (secondary N) is 1. The molecular weight excluding hydrogens is 248 g/mol. The molecule has 1 N–H and O–H groups in total. The summed E-state index contributed by atoms with van der Waals surface area (Å²) in [6.45, 7) is 4.77. The fourth-order valence-electron chi connectivity index (χ4n) is 2.64. The molecule has 0 aliphatic rings. The molecule has 4 heteroatoms. The molecular formula is C16H20N4. The molecule has 0 unspecified atom stereocenters. The van der Waals surface area contributed by atoms with Crippen LogP contribution in [0, 0.1) is 0 Å². The van der Waals surface area contributed by atoms with Gasteiger partial charge in [-0.2, -0.15) is 5.10 Å². The van der Waals surface area contributed by atoms with E-state index in [4.69, 9.17) is 0 Å². The van der Waals surface area contributed by atoms with Crippen molar-refractivity contribution in [2.45, 2.75) is 26.6 Å². The van der Waals surface area contributed by atoms with Gasteiger partial charge in [-0.25, -0.2) is 0 Å². The van der Waals surface area contributed by atoms with E-state index in [1.165, 1.54) is 22.0 Å². The third kappa shape index (κ3) is 2.34. The molecule has 104 valence electrons. The van der Waals surface area contributed by atoms with Gasteiger partial charge in [-0.15, -0.1) is 0 Å². The summed E-state index contributed by atoms with van der Waals surface area (Å²) in [5.41, 5.74) is 3.86. The maximum atomic E-state index is 4.35. The molecule has 4 nitrogen and oxygen atoms in total. The van der Waals surface area contributed by atoms with E-state index in [9.17, 15) is 0 Å². The molecule has 3 rings (SSSR count). The van der Waals surface area contributed by atoms with Crippen molar-refractivity contribution in [1.82, 2.24) is 19.7 Å². The van der Waals surface area contributed by atoms with Crippen LogP contribution in [-0.2, 0) is 19.6 Å². The number of hydrogen-bond donors (Lipinski definition) is 1. The molecule has 0 aliphatic carbocycles. The summed E-state index contributed by atoms with van der Waals surface area (Å²) in [6, 6.07) is 8.56. The van der Waals surface area contributed by atoms with Crippen molar-refractivity contribution in [2.75, 3.05) is 7.05 Å². The molecule has 0 radical (unpaired) electrons. The molecule has 0 bridgehead atoms. The Morgan fingerprint density at radius 1 is 1.20 bits per heavy atom. The summed E-state index contributed by atoms with van der Waals surface area (Å²) in [5, 5.41) is 8.91. The summed E-state index contributed by atoms with van der Waals surface area (Å²) in [6.07, 6.45) is 6.31. The highest BCUT2D eigenvalue weighted by molar-refractivity contribution is 5.84. The van der Waals surface area contributed by atoms with Crippen LogP contribution in [0.3, 0.4) is 0 Å². The number of nitrogens with zero attached hydrogens (tertiary/aromatic N) is 3. The van der Waals surface area contributed by atoms with Crippen LogP contribution in [-0.4, -0.2) is 21.4 Å². The molecule has 0 saturated carbocycles. The first-order valence-corrected chi connectivity index (χ1v) is 7.04. The Morgan fingerprint density at radius 3 is 2.80 bits per heavy atom. The molecule has 0 amide bonds. The number of rotatable bonds is 5. The van der Waals surface area contributed by atoms with E-state index in [-0.39, 0.29) is 0 Å². The Labute approximate surface area is 119 Å². The zero-order valence-electron chi connectivity index (χ0n) is 12.0. The maximum Gasteiger partial charge on any atom is 0.0539 e. The van der Waals surface area contributed by atoms with Gasteiger partial charge < -0.3 is 9.88 Å². The van der Waals surface area contributed by atoms with E-state index in [1.807, 2.05) is 17.9 Å². The number of benzene rings is 1. The summed E-state index contributed by atoms with van der Waals surface area (Å²) in [4.78, 5) is 0. The lowest BCUT2D eigenvalue weighted by atomic mass is 10.2. The second-order valence-corrected chi connectivity index (χ2v) is 5.03. The van der Waals surface area contributed by atoms with Gasteiger partial charge in [0.15, 0.2) is 0 Å². The molecule has 0 fully saturated rings. The first-order chi connectivity index (χ1) is 9.81. The van der Waals surface area contributed by atoms with Crippen LogP contribution in [0.5, 0.6) is 0 Å². The molecule has 0 aliphatic heterocycles. The molecule has 2 heterocycles. The first kappa shape index (κ1) is 12.9. The Kier molecular flexibility index (Phi) is 3.56. The quantitative estimate of drug-likeness (QED) is 0.772. The molecule has 20 heavy (non-hydrogen) atoms. The van der Waals surface area contributed by atoms with Crippen LogP contribution >= 0.6 is 0 Å². The predicted molar refractivity (Wildman–Crippen MR) is 81.7 cm³/mol. The van der Waals surface area contributed by atoms with Gasteiger partial charge in [-0.05, 0) is 25.6 Å². The van der Waals surface area contributed by atoms with E-state index in [1.54, 1.807) is 0 Å². The van der Waals surface area contributed by atoms with Crippen LogP contribution in [0.25, 0.3) is 10.9 Å². The van der Waals surface area contributed by atoms with E-state index in [0.29, 0.717) is 0 Å².